The van der Waals surface area contributed by atoms with Crippen molar-refractivity contribution >= 4 is 45.1 Å². The monoisotopic (exact) mass is 497 g/mol. The number of carbonyl (C=O) groups is 3. The van der Waals surface area contributed by atoms with E-state index in [9.17, 15) is 19.2 Å². The van der Waals surface area contributed by atoms with Crippen LogP contribution in [-0.2, 0) is 33.7 Å². The quantitative estimate of drug-likeness (QED) is 0.473. The van der Waals surface area contributed by atoms with Gasteiger partial charge in [-0.15, -0.1) is 11.3 Å². The number of anilines is 1. The molecule has 1 aromatic carbocycles. The summed E-state index contributed by atoms with van der Waals surface area (Å²) in [7, 11) is 0. The molecule has 3 heterocycles. The molecule has 35 heavy (non-hydrogen) atoms. The number of aryl methyl sites for hydroxylation is 1. The van der Waals surface area contributed by atoms with Gasteiger partial charge in [-0.25, -0.2) is 14.6 Å². The van der Waals surface area contributed by atoms with Gasteiger partial charge in [-0.05, 0) is 54.8 Å². The summed E-state index contributed by atoms with van der Waals surface area (Å²) in [5.41, 5.74) is 1.65. The van der Waals surface area contributed by atoms with E-state index >= 15 is 0 Å². The molecule has 2 aromatic heterocycles. The zero-order valence-corrected chi connectivity index (χ0v) is 20.7. The maximum Gasteiger partial charge on any atom is 0.341 e. The zero-order valence-electron chi connectivity index (χ0n) is 19.9. The van der Waals surface area contributed by atoms with Gasteiger partial charge in [0.2, 0.25) is 0 Å². The summed E-state index contributed by atoms with van der Waals surface area (Å²) in [5.74, 6) is -0.755. The summed E-state index contributed by atoms with van der Waals surface area (Å²) in [5, 5.41) is 5.29. The maximum absolute atomic E-state index is 12.6. The molecule has 184 valence electrons. The first kappa shape index (κ1) is 24.6. The maximum atomic E-state index is 12.6. The van der Waals surface area contributed by atoms with E-state index in [0.717, 1.165) is 18.4 Å². The van der Waals surface area contributed by atoms with Crippen molar-refractivity contribution < 1.29 is 23.9 Å². The van der Waals surface area contributed by atoms with Crippen molar-refractivity contribution in [1.29, 1.82) is 0 Å². The van der Waals surface area contributed by atoms with Crippen molar-refractivity contribution in [3.05, 3.63) is 56.4 Å². The standard InChI is InChI=1S/C25H27N3O6S/c1-4-33-25(32)21-16(10-14(2)3)13-35-22(21)27-20(29)12-34-24(31)15-7-8-17-18(11-15)26-19-6-5-9-28(19)23(17)30/h7-8,11,13-14H,4-6,9-10,12H2,1-3H3,(H,27,29). The third kappa shape index (κ3) is 5.27. The fraction of sp³-hybridized carbons (Fsp3) is 0.400. The van der Waals surface area contributed by atoms with Gasteiger partial charge < -0.3 is 14.8 Å². The van der Waals surface area contributed by atoms with Crippen LogP contribution in [-0.4, -0.2) is 40.6 Å². The second kappa shape index (κ2) is 10.4. The van der Waals surface area contributed by atoms with Gasteiger partial charge in [0.05, 0.1) is 28.6 Å². The van der Waals surface area contributed by atoms with Crippen LogP contribution in [0.3, 0.4) is 0 Å². The molecule has 1 N–H and O–H groups in total. The number of hydrogen-bond donors (Lipinski definition) is 1. The molecule has 0 spiro atoms. The molecule has 4 rings (SSSR count). The number of aromatic nitrogens is 2. The summed E-state index contributed by atoms with van der Waals surface area (Å²) in [4.78, 5) is 54.7. The Morgan fingerprint density at radius 3 is 2.74 bits per heavy atom. The van der Waals surface area contributed by atoms with Gasteiger partial charge in [0.15, 0.2) is 6.61 Å². The number of fused-ring (bicyclic) bond motifs is 2. The van der Waals surface area contributed by atoms with Gasteiger partial charge in [-0.3, -0.25) is 14.2 Å². The number of amides is 1. The van der Waals surface area contributed by atoms with Gasteiger partial charge in [0, 0.05) is 13.0 Å². The smallest absolute Gasteiger partial charge is 0.341 e. The normalized spacial score (nSPS) is 12.6. The fourth-order valence-electron chi connectivity index (χ4n) is 4.09. The fourth-order valence-corrected chi connectivity index (χ4v) is 5.07. The number of nitrogens with zero attached hydrogens (tertiary/aromatic N) is 2. The van der Waals surface area contributed by atoms with E-state index in [2.05, 4.69) is 10.3 Å². The number of esters is 2. The third-order valence-electron chi connectivity index (χ3n) is 5.61. The summed E-state index contributed by atoms with van der Waals surface area (Å²) in [6, 6.07) is 4.55. The molecule has 0 fully saturated rings. The van der Waals surface area contributed by atoms with Crippen molar-refractivity contribution in [1.82, 2.24) is 9.55 Å². The minimum atomic E-state index is -0.707. The largest absolute Gasteiger partial charge is 0.462 e. The van der Waals surface area contributed by atoms with Gasteiger partial charge in [0.1, 0.15) is 10.8 Å². The Labute approximate surface area is 206 Å². The van der Waals surface area contributed by atoms with E-state index in [-0.39, 0.29) is 17.7 Å². The van der Waals surface area contributed by atoms with Crippen LogP contribution in [0.5, 0.6) is 0 Å². The highest BCUT2D eigenvalue weighted by molar-refractivity contribution is 7.15. The van der Waals surface area contributed by atoms with Crippen LogP contribution in [0.1, 0.15) is 59.3 Å². The Balaban J connectivity index is 1.44. The Hall–Kier alpha value is -3.53. The van der Waals surface area contributed by atoms with E-state index in [1.165, 1.54) is 23.5 Å². The summed E-state index contributed by atoms with van der Waals surface area (Å²) in [6.45, 7) is 6.13. The van der Waals surface area contributed by atoms with E-state index in [1.807, 2.05) is 19.2 Å². The number of rotatable bonds is 8. The van der Waals surface area contributed by atoms with E-state index in [1.54, 1.807) is 17.6 Å². The van der Waals surface area contributed by atoms with Gasteiger partial charge in [-0.2, -0.15) is 0 Å². The lowest BCUT2D eigenvalue weighted by Crippen LogP contribution is -2.22. The minimum Gasteiger partial charge on any atom is -0.462 e. The first-order valence-electron chi connectivity index (χ1n) is 11.6. The highest BCUT2D eigenvalue weighted by Gasteiger charge is 2.23. The predicted molar refractivity (Wildman–Crippen MR) is 132 cm³/mol. The molecule has 0 aliphatic carbocycles. The number of hydrogen-bond acceptors (Lipinski definition) is 8. The minimum absolute atomic E-state index is 0.119. The second-order valence-corrected chi connectivity index (χ2v) is 9.61. The molecule has 0 atom stereocenters. The van der Waals surface area contributed by atoms with E-state index < -0.39 is 24.5 Å². The average molecular weight is 498 g/mol. The predicted octanol–water partition coefficient (Wildman–Crippen LogP) is 3.57. The van der Waals surface area contributed by atoms with Gasteiger partial charge >= 0.3 is 11.9 Å². The number of ether oxygens (including phenoxy) is 2. The van der Waals surface area contributed by atoms with Crippen molar-refractivity contribution in [2.75, 3.05) is 18.5 Å². The molecular weight excluding hydrogens is 470 g/mol. The SMILES string of the molecule is CCOC(=O)c1c(CC(C)C)csc1NC(=O)COC(=O)c1ccc2c(=O)n3c(nc2c1)CCC3. The lowest BCUT2D eigenvalue weighted by molar-refractivity contribution is -0.119. The van der Waals surface area contributed by atoms with Crippen molar-refractivity contribution in [2.45, 2.75) is 46.6 Å². The number of carbonyl (C=O) groups excluding carboxylic acids is 3. The molecule has 0 bridgehead atoms. The number of benzene rings is 1. The van der Waals surface area contributed by atoms with Gasteiger partial charge in [-0.1, -0.05) is 13.8 Å². The summed E-state index contributed by atoms with van der Waals surface area (Å²) in [6.07, 6.45) is 2.25. The topological polar surface area (TPSA) is 117 Å². The molecule has 0 saturated carbocycles. The molecule has 1 aliphatic heterocycles. The Bertz CT molecular complexity index is 1360. The van der Waals surface area contributed by atoms with Crippen LogP contribution in [0.15, 0.2) is 28.4 Å². The first-order valence-corrected chi connectivity index (χ1v) is 12.4. The molecule has 1 aliphatic rings. The van der Waals surface area contributed by atoms with E-state index in [4.69, 9.17) is 9.47 Å². The Morgan fingerprint density at radius 2 is 2.00 bits per heavy atom. The summed E-state index contributed by atoms with van der Waals surface area (Å²) < 4.78 is 12.0. The van der Waals surface area contributed by atoms with Crippen LogP contribution in [0.2, 0.25) is 0 Å². The lowest BCUT2D eigenvalue weighted by atomic mass is 10.0. The second-order valence-electron chi connectivity index (χ2n) is 8.73. The molecule has 1 amide bonds. The molecule has 0 radical (unpaired) electrons. The third-order valence-corrected chi connectivity index (χ3v) is 6.56. The molecule has 3 aromatic rings. The molecule has 9 nitrogen and oxygen atoms in total. The molecule has 0 unspecified atom stereocenters. The number of thiophene rings is 1. The van der Waals surface area contributed by atoms with Crippen molar-refractivity contribution in [2.24, 2.45) is 5.92 Å². The van der Waals surface area contributed by atoms with Crippen LogP contribution in [0, 0.1) is 5.92 Å². The Morgan fingerprint density at radius 1 is 1.20 bits per heavy atom. The number of nitrogens with one attached hydrogen (secondary N) is 1. The molecule has 10 heteroatoms. The zero-order chi connectivity index (χ0) is 25.1. The first-order chi connectivity index (χ1) is 16.8. The average Bonchev–Trinajstić information content (AvgIpc) is 3.44. The van der Waals surface area contributed by atoms with Gasteiger partial charge in [0.25, 0.3) is 11.5 Å². The molecular formula is C25H27N3O6S. The highest BCUT2D eigenvalue weighted by Crippen LogP contribution is 2.31. The van der Waals surface area contributed by atoms with Crippen LogP contribution < -0.4 is 10.9 Å². The van der Waals surface area contributed by atoms with Crippen molar-refractivity contribution in [3.8, 4) is 0 Å². The van der Waals surface area contributed by atoms with Crippen molar-refractivity contribution in [3.63, 3.8) is 0 Å². The Kier molecular flexibility index (Phi) is 7.30. The summed E-state index contributed by atoms with van der Waals surface area (Å²) >= 11 is 1.23. The van der Waals surface area contributed by atoms with E-state index in [0.29, 0.717) is 46.2 Å². The lowest BCUT2D eigenvalue weighted by Gasteiger charge is -2.10. The van der Waals surface area contributed by atoms with Crippen LogP contribution in [0.4, 0.5) is 5.00 Å². The molecule has 0 saturated heterocycles. The van der Waals surface area contributed by atoms with Crippen LogP contribution in [0.25, 0.3) is 10.9 Å². The highest BCUT2D eigenvalue weighted by atomic mass is 32.1. The van der Waals surface area contributed by atoms with Crippen LogP contribution >= 0.6 is 11.3 Å².